The Labute approximate surface area is 125 Å². The highest BCUT2D eigenvalue weighted by Gasteiger charge is 2.14. The summed E-state index contributed by atoms with van der Waals surface area (Å²) in [5.41, 5.74) is 2.00. The molecule has 0 aromatic carbocycles. The van der Waals surface area contributed by atoms with Crippen LogP contribution in [-0.4, -0.2) is 16.5 Å². The molecule has 1 N–H and O–H groups in total. The first-order valence-electron chi connectivity index (χ1n) is 7.32. The lowest BCUT2D eigenvalue weighted by atomic mass is 10.1. The van der Waals surface area contributed by atoms with E-state index < -0.39 is 0 Å². The molecule has 20 heavy (non-hydrogen) atoms. The van der Waals surface area contributed by atoms with Crippen molar-refractivity contribution in [3.63, 3.8) is 0 Å². The number of hydrogen-bond donors (Lipinski definition) is 1. The van der Waals surface area contributed by atoms with E-state index in [0.29, 0.717) is 0 Å². The second kappa shape index (κ2) is 7.50. The molecule has 2 aromatic rings. The zero-order valence-electron chi connectivity index (χ0n) is 12.5. The monoisotopic (exact) mass is 289 g/mol. The van der Waals surface area contributed by atoms with Gasteiger partial charge in [-0.25, -0.2) is 0 Å². The van der Waals surface area contributed by atoms with E-state index in [4.69, 9.17) is 0 Å². The Hall–Kier alpha value is -1.26. The van der Waals surface area contributed by atoms with Crippen molar-refractivity contribution >= 4 is 11.3 Å². The van der Waals surface area contributed by atoms with Crippen LogP contribution in [0.5, 0.6) is 0 Å². The molecule has 0 saturated carbocycles. The number of nitrogens with zero attached hydrogens (tertiary/aromatic N) is 2. The van der Waals surface area contributed by atoms with Crippen LogP contribution < -0.4 is 5.32 Å². The lowest BCUT2D eigenvalue weighted by Gasteiger charge is -2.17. The van der Waals surface area contributed by atoms with Crippen molar-refractivity contribution in [3.8, 4) is 0 Å². The molecule has 0 bridgehead atoms. The summed E-state index contributed by atoms with van der Waals surface area (Å²) in [5, 5.41) is 3.59. The van der Waals surface area contributed by atoms with Gasteiger partial charge in [-0.05, 0) is 38.4 Å². The van der Waals surface area contributed by atoms with E-state index in [1.165, 1.54) is 9.75 Å². The first-order chi connectivity index (χ1) is 9.72. The smallest absolute Gasteiger partial charge is 0.0759 e. The highest BCUT2D eigenvalue weighted by Crippen LogP contribution is 2.23. The van der Waals surface area contributed by atoms with E-state index in [1.807, 2.05) is 30.7 Å². The molecule has 2 heterocycles. The molecule has 3 nitrogen and oxygen atoms in total. The lowest BCUT2D eigenvalue weighted by Crippen LogP contribution is -2.25. The maximum Gasteiger partial charge on any atom is 0.0759 e. The Morgan fingerprint density at radius 1 is 1.15 bits per heavy atom. The largest absolute Gasteiger partial charge is 0.308 e. The molecule has 0 amide bonds. The number of aryl methyl sites for hydroxylation is 2. The first-order valence-corrected chi connectivity index (χ1v) is 8.14. The van der Waals surface area contributed by atoms with Crippen molar-refractivity contribution in [1.82, 2.24) is 15.3 Å². The van der Waals surface area contributed by atoms with Crippen molar-refractivity contribution in [2.45, 2.75) is 46.1 Å². The van der Waals surface area contributed by atoms with Gasteiger partial charge in [-0.1, -0.05) is 13.8 Å². The zero-order chi connectivity index (χ0) is 14.4. The molecular formula is C16H23N3S. The Kier molecular flexibility index (Phi) is 5.68. The second-order valence-electron chi connectivity index (χ2n) is 5.02. The highest BCUT2D eigenvalue weighted by atomic mass is 32.1. The van der Waals surface area contributed by atoms with Crippen LogP contribution in [-0.2, 0) is 12.8 Å². The van der Waals surface area contributed by atoms with Crippen molar-refractivity contribution < 1.29 is 0 Å². The van der Waals surface area contributed by atoms with Crippen LogP contribution in [0.25, 0.3) is 0 Å². The van der Waals surface area contributed by atoms with Crippen LogP contribution in [0.4, 0.5) is 0 Å². The molecule has 2 aromatic heterocycles. The molecule has 0 aliphatic heterocycles. The fourth-order valence-electron chi connectivity index (χ4n) is 2.11. The van der Waals surface area contributed by atoms with Gasteiger partial charge in [0.25, 0.3) is 0 Å². The third kappa shape index (κ3) is 4.12. The van der Waals surface area contributed by atoms with E-state index in [0.717, 1.165) is 37.2 Å². The molecule has 0 saturated heterocycles. The minimum absolute atomic E-state index is 0.256. The quantitative estimate of drug-likeness (QED) is 0.844. The summed E-state index contributed by atoms with van der Waals surface area (Å²) in [6, 6.07) is 4.73. The fraction of sp³-hybridized carbons (Fsp3) is 0.500. The maximum absolute atomic E-state index is 4.53. The highest BCUT2D eigenvalue weighted by molar-refractivity contribution is 7.11. The molecule has 0 fully saturated rings. The second-order valence-corrected chi connectivity index (χ2v) is 6.27. The third-order valence-electron chi connectivity index (χ3n) is 3.27. The van der Waals surface area contributed by atoms with Gasteiger partial charge in [0.05, 0.1) is 23.6 Å². The average molecular weight is 289 g/mol. The molecule has 0 aliphatic rings. The standard InChI is InChI=1S/C16H23N3S/c1-4-8-17-15(16-11-18-12(3)10-19-16)9-14-7-6-13(5-2)20-14/h6-7,10-11,15,17H,4-5,8-9H2,1-3H3. The van der Waals surface area contributed by atoms with Crippen LogP contribution in [0.3, 0.4) is 0 Å². The molecule has 0 aliphatic carbocycles. The summed E-state index contributed by atoms with van der Waals surface area (Å²) in [7, 11) is 0. The van der Waals surface area contributed by atoms with Crippen molar-refractivity contribution in [2.24, 2.45) is 0 Å². The molecule has 0 radical (unpaired) electrons. The number of hydrogen-bond acceptors (Lipinski definition) is 4. The van der Waals surface area contributed by atoms with Crippen LogP contribution >= 0.6 is 11.3 Å². The molecule has 2 rings (SSSR count). The van der Waals surface area contributed by atoms with Crippen LogP contribution in [0.2, 0.25) is 0 Å². The molecular weight excluding hydrogens is 266 g/mol. The zero-order valence-corrected chi connectivity index (χ0v) is 13.3. The van der Waals surface area contributed by atoms with Gasteiger partial charge in [0.1, 0.15) is 0 Å². The summed E-state index contributed by atoms with van der Waals surface area (Å²) in [5.74, 6) is 0. The molecule has 4 heteroatoms. The fourth-order valence-corrected chi connectivity index (χ4v) is 3.11. The van der Waals surface area contributed by atoms with Gasteiger partial charge in [-0.3, -0.25) is 9.97 Å². The Balaban J connectivity index is 2.12. The number of thiophene rings is 1. The predicted molar refractivity (Wildman–Crippen MR) is 85.2 cm³/mol. The van der Waals surface area contributed by atoms with Crippen molar-refractivity contribution in [2.75, 3.05) is 6.54 Å². The topological polar surface area (TPSA) is 37.8 Å². The average Bonchev–Trinajstić information content (AvgIpc) is 2.92. The Morgan fingerprint density at radius 3 is 2.55 bits per heavy atom. The Morgan fingerprint density at radius 2 is 1.95 bits per heavy atom. The van der Waals surface area contributed by atoms with Crippen LogP contribution in [0, 0.1) is 6.92 Å². The third-order valence-corrected chi connectivity index (χ3v) is 4.52. The Bertz CT molecular complexity index is 519. The van der Waals surface area contributed by atoms with Gasteiger partial charge in [0, 0.05) is 22.4 Å². The number of aromatic nitrogens is 2. The van der Waals surface area contributed by atoms with E-state index >= 15 is 0 Å². The van der Waals surface area contributed by atoms with Gasteiger partial charge in [0.15, 0.2) is 0 Å². The van der Waals surface area contributed by atoms with Gasteiger partial charge >= 0.3 is 0 Å². The minimum atomic E-state index is 0.256. The number of nitrogens with one attached hydrogen (secondary N) is 1. The van der Waals surface area contributed by atoms with Crippen LogP contribution in [0.1, 0.15) is 47.5 Å². The van der Waals surface area contributed by atoms with E-state index in [-0.39, 0.29) is 6.04 Å². The SMILES string of the molecule is CCCNC(Cc1ccc(CC)s1)c1cnc(C)cn1. The van der Waals surface area contributed by atoms with Gasteiger partial charge in [-0.2, -0.15) is 0 Å². The maximum atomic E-state index is 4.53. The summed E-state index contributed by atoms with van der Waals surface area (Å²) in [4.78, 5) is 11.8. The molecule has 0 spiro atoms. The molecule has 1 unspecified atom stereocenters. The van der Waals surface area contributed by atoms with Gasteiger partial charge < -0.3 is 5.32 Å². The van der Waals surface area contributed by atoms with E-state index in [9.17, 15) is 0 Å². The first kappa shape index (κ1) is 15.1. The van der Waals surface area contributed by atoms with Gasteiger partial charge in [0.2, 0.25) is 0 Å². The number of rotatable bonds is 7. The summed E-state index contributed by atoms with van der Waals surface area (Å²) in [6.07, 6.45) is 6.98. The summed E-state index contributed by atoms with van der Waals surface area (Å²) in [6.45, 7) is 7.36. The summed E-state index contributed by atoms with van der Waals surface area (Å²) >= 11 is 1.90. The van der Waals surface area contributed by atoms with Gasteiger partial charge in [-0.15, -0.1) is 11.3 Å². The summed E-state index contributed by atoms with van der Waals surface area (Å²) < 4.78 is 0. The van der Waals surface area contributed by atoms with E-state index in [1.54, 1.807) is 0 Å². The molecule has 108 valence electrons. The van der Waals surface area contributed by atoms with Crippen molar-refractivity contribution in [3.05, 3.63) is 45.7 Å². The van der Waals surface area contributed by atoms with Crippen LogP contribution in [0.15, 0.2) is 24.5 Å². The lowest BCUT2D eigenvalue weighted by molar-refractivity contribution is 0.518. The van der Waals surface area contributed by atoms with Crippen molar-refractivity contribution in [1.29, 1.82) is 0 Å². The molecule has 1 atom stereocenters. The predicted octanol–water partition coefficient (Wildman–Crippen LogP) is 3.69. The van der Waals surface area contributed by atoms with E-state index in [2.05, 4.69) is 41.3 Å². The minimum Gasteiger partial charge on any atom is -0.308 e. The normalized spacial score (nSPS) is 12.6.